The molecule has 1 aliphatic rings. The van der Waals surface area contributed by atoms with Gasteiger partial charge in [0.2, 0.25) is 10.0 Å². The van der Waals surface area contributed by atoms with Crippen LogP contribution in [0.15, 0.2) is 29.2 Å². The Kier molecular flexibility index (Phi) is 4.82. The van der Waals surface area contributed by atoms with Crippen molar-refractivity contribution in [2.75, 3.05) is 19.7 Å². The molecule has 1 heterocycles. The number of carbonyl (C=O) groups excluding carboxylic acids is 1. The monoisotopic (exact) mass is 327 g/mol. The number of hydrogen-bond donors (Lipinski definition) is 1. The molecule has 1 atom stereocenters. The second-order valence-corrected chi connectivity index (χ2v) is 6.81. The Labute approximate surface area is 128 Å². The third kappa shape index (κ3) is 3.12. The smallest absolute Gasteiger partial charge is 0.339 e. The number of carbonyl (C=O) groups is 2. The minimum atomic E-state index is -3.93. The van der Waals surface area contributed by atoms with Crippen molar-refractivity contribution in [3.63, 3.8) is 0 Å². The van der Waals surface area contributed by atoms with Crippen molar-refractivity contribution < 1.29 is 27.9 Å². The standard InChI is InChI=1S/C14H17NO6S/c1-2-21-14(18)11-5-3-4-6-12(11)22(19,20)15-8-7-10(9-15)13(16)17/h3-6,10H,2,7-9H2,1H3,(H,16,17). The molecule has 1 aromatic carbocycles. The number of rotatable bonds is 5. The zero-order valence-corrected chi connectivity index (χ0v) is 12.9. The molecular weight excluding hydrogens is 310 g/mol. The maximum Gasteiger partial charge on any atom is 0.339 e. The van der Waals surface area contributed by atoms with Gasteiger partial charge in [-0.15, -0.1) is 0 Å². The molecule has 1 aromatic rings. The first-order valence-electron chi connectivity index (χ1n) is 6.87. The first-order chi connectivity index (χ1) is 10.4. The van der Waals surface area contributed by atoms with E-state index in [1.165, 1.54) is 18.2 Å². The first kappa shape index (κ1) is 16.4. The molecule has 2 rings (SSSR count). The van der Waals surface area contributed by atoms with E-state index in [1.807, 2.05) is 0 Å². The van der Waals surface area contributed by atoms with Crippen LogP contribution in [-0.2, 0) is 19.6 Å². The minimum Gasteiger partial charge on any atom is -0.481 e. The molecule has 0 aromatic heterocycles. The Balaban J connectivity index is 2.35. The van der Waals surface area contributed by atoms with Gasteiger partial charge in [-0.3, -0.25) is 4.79 Å². The average molecular weight is 327 g/mol. The second kappa shape index (κ2) is 6.45. The van der Waals surface area contributed by atoms with Crippen LogP contribution in [0.4, 0.5) is 0 Å². The van der Waals surface area contributed by atoms with Gasteiger partial charge in [0.25, 0.3) is 0 Å². The van der Waals surface area contributed by atoms with Crippen LogP contribution in [0.1, 0.15) is 23.7 Å². The number of aliphatic carboxylic acids is 1. The van der Waals surface area contributed by atoms with Crippen molar-refractivity contribution in [3.8, 4) is 0 Å². The molecular formula is C14H17NO6S. The maximum absolute atomic E-state index is 12.7. The normalized spacial score (nSPS) is 19.0. The van der Waals surface area contributed by atoms with Crippen molar-refractivity contribution in [1.82, 2.24) is 4.31 Å². The van der Waals surface area contributed by atoms with E-state index in [1.54, 1.807) is 13.0 Å². The van der Waals surface area contributed by atoms with Crippen LogP contribution in [0, 0.1) is 5.92 Å². The lowest BCUT2D eigenvalue weighted by Crippen LogP contribution is -2.31. The van der Waals surface area contributed by atoms with Crippen LogP contribution >= 0.6 is 0 Å². The highest BCUT2D eigenvalue weighted by Gasteiger charge is 2.37. The molecule has 1 aliphatic heterocycles. The van der Waals surface area contributed by atoms with E-state index in [2.05, 4.69) is 0 Å². The van der Waals surface area contributed by atoms with E-state index >= 15 is 0 Å². The highest BCUT2D eigenvalue weighted by molar-refractivity contribution is 7.89. The van der Waals surface area contributed by atoms with Crippen molar-refractivity contribution >= 4 is 22.0 Å². The van der Waals surface area contributed by atoms with Gasteiger partial charge in [-0.2, -0.15) is 4.31 Å². The molecule has 7 nitrogen and oxygen atoms in total. The molecule has 0 spiro atoms. The molecule has 22 heavy (non-hydrogen) atoms. The number of carboxylic acid groups (broad SMARTS) is 1. The molecule has 1 unspecified atom stereocenters. The van der Waals surface area contributed by atoms with Crippen LogP contribution in [0.3, 0.4) is 0 Å². The minimum absolute atomic E-state index is 0.0388. The Hall–Kier alpha value is -1.93. The number of benzene rings is 1. The molecule has 1 saturated heterocycles. The Morgan fingerprint density at radius 1 is 1.36 bits per heavy atom. The summed E-state index contributed by atoms with van der Waals surface area (Å²) in [6.07, 6.45) is 0.260. The SMILES string of the molecule is CCOC(=O)c1ccccc1S(=O)(=O)N1CCC(C(=O)O)C1. The summed E-state index contributed by atoms with van der Waals surface area (Å²) in [7, 11) is -3.93. The Bertz CT molecular complexity index is 684. The fourth-order valence-electron chi connectivity index (χ4n) is 2.36. The molecule has 1 fully saturated rings. The van der Waals surface area contributed by atoms with Crippen LogP contribution < -0.4 is 0 Å². The summed E-state index contributed by atoms with van der Waals surface area (Å²) >= 11 is 0. The molecule has 0 amide bonds. The van der Waals surface area contributed by atoms with Crippen molar-refractivity contribution in [2.24, 2.45) is 5.92 Å². The summed E-state index contributed by atoms with van der Waals surface area (Å²) in [5.74, 6) is -2.45. The van der Waals surface area contributed by atoms with Gasteiger partial charge >= 0.3 is 11.9 Å². The number of esters is 1. The van der Waals surface area contributed by atoms with E-state index in [0.29, 0.717) is 0 Å². The summed E-state index contributed by atoms with van der Waals surface area (Å²) in [6.45, 7) is 1.80. The summed E-state index contributed by atoms with van der Waals surface area (Å²) in [4.78, 5) is 22.7. The largest absolute Gasteiger partial charge is 0.481 e. The van der Waals surface area contributed by atoms with Crippen LogP contribution in [0.2, 0.25) is 0 Å². The van der Waals surface area contributed by atoms with Gasteiger partial charge in [-0.05, 0) is 25.5 Å². The quantitative estimate of drug-likeness (QED) is 0.808. The molecule has 0 bridgehead atoms. The summed E-state index contributed by atoms with van der Waals surface area (Å²) < 4.78 is 31.3. The summed E-state index contributed by atoms with van der Waals surface area (Å²) in [6, 6.07) is 5.78. The maximum atomic E-state index is 12.7. The first-order valence-corrected chi connectivity index (χ1v) is 8.31. The molecule has 1 N–H and O–H groups in total. The third-order valence-corrected chi connectivity index (χ3v) is 5.42. The molecule has 120 valence electrons. The van der Waals surface area contributed by atoms with E-state index in [-0.39, 0.29) is 36.6 Å². The van der Waals surface area contributed by atoms with Gasteiger partial charge in [0, 0.05) is 13.1 Å². The topological polar surface area (TPSA) is 101 Å². The number of ether oxygens (including phenoxy) is 1. The predicted octanol–water partition coefficient (Wildman–Crippen LogP) is 0.959. The van der Waals surface area contributed by atoms with Crippen molar-refractivity contribution in [3.05, 3.63) is 29.8 Å². The Morgan fingerprint density at radius 3 is 2.64 bits per heavy atom. The van der Waals surface area contributed by atoms with E-state index in [4.69, 9.17) is 9.84 Å². The van der Waals surface area contributed by atoms with Gasteiger partial charge in [-0.25, -0.2) is 13.2 Å². The van der Waals surface area contributed by atoms with E-state index in [0.717, 1.165) is 4.31 Å². The zero-order chi connectivity index (χ0) is 16.3. The average Bonchev–Trinajstić information content (AvgIpc) is 2.98. The number of sulfonamides is 1. The van der Waals surface area contributed by atoms with E-state index < -0.39 is 27.9 Å². The molecule has 8 heteroatoms. The third-order valence-electron chi connectivity index (χ3n) is 3.50. The summed E-state index contributed by atoms with van der Waals surface area (Å²) in [5.41, 5.74) is -0.0388. The van der Waals surface area contributed by atoms with Crippen molar-refractivity contribution in [2.45, 2.75) is 18.2 Å². The zero-order valence-electron chi connectivity index (χ0n) is 12.1. The van der Waals surface area contributed by atoms with Gasteiger partial charge in [0.15, 0.2) is 0 Å². The number of nitrogens with zero attached hydrogens (tertiary/aromatic N) is 1. The number of hydrogen-bond acceptors (Lipinski definition) is 5. The lowest BCUT2D eigenvalue weighted by molar-refractivity contribution is -0.141. The van der Waals surface area contributed by atoms with Gasteiger partial charge in [0.1, 0.15) is 0 Å². The fraction of sp³-hybridized carbons (Fsp3) is 0.429. The molecule has 0 saturated carbocycles. The van der Waals surface area contributed by atoms with Crippen LogP contribution in [-0.4, -0.2) is 49.5 Å². The van der Waals surface area contributed by atoms with E-state index in [9.17, 15) is 18.0 Å². The fourth-order valence-corrected chi connectivity index (χ4v) is 4.04. The summed E-state index contributed by atoms with van der Waals surface area (Å²) in [5, 5.41) is 8.98. The van der Waals surface area contributed by atoms with Crippen LogP contribution in [0.25, 0.3) is 0 Å². The highest BCUT2D eigenvalue weighted by atomic mass is 32.2. The second-order valence-electron chi connectivity index (χ2n) is 4.90. The van der Waals surface area contributed by atoms with Crippen LogP contribution in [0.5, 0.6) is 0 Å². The van der Waals surface area contributed by atoms with Gasteiger partial charge < -0.3 is 9.84 Å². The lowest BCUT2D eigenvalue weighted by atomic mass is 10.1. The van der Waals surface area contributed by atoms with Gasteiger partial charge in [-0.1, -0.05) is 12.1 Å². The molecule has 0 radical (unpaired) electrons. The lowest BCUT2D eigenvalue weighted by Gasteiger charge is -2.17. The highest BCUT2D eigenvalue weighted by Crippen LogP contribution is 2.26. The number of carboxylic acids is 1. The Morgan fingerprint density at radius 2 is 2.05 bits per heavy atom. The predicted molar refractivity (Wildman–Crippen MR) is 76.9 cm³/mol. The van der Waals surface area contributed by atoms with Gasteiger partial charge in [0.05, 0.1) is 23.0 Å². The molecule has 0 aliphatic carbocycles. The van der Waals surface area contributed by atoms with Crippen molar-refractivity contribution in [1.29, 1.82) is 0 Å².